The molecule has 0 radical (unpaired) electrons. The molecule has 8 heavy (non-hydrogen) atoms. The summed E-state index contributed by atoms with van der Waals surface area (Å²) >= 11 is 0. The fourth-order valence-electron chi connectivity index (χ4n) is 0.831. The minimum absolute atomic E-state index is 0.00926. The Hall–Kier alpha value is -0.120. The Morgan fingerprint density at radius 1 is 1.62 bits per heavy atom. The summed E-state index contributed by atoms with van der Waals surface area (Å²) in [6.07, 6.45) is 1.05. The average Bonchev–Trinajstić information content (AvgIpc) is 1.82. The first kappa shape index (κ1) is 6.01. The maximum absolute atomic E-state index is 8.70. The van der Waals surface area contributed by atoms with Gasteiger partial charge in [-0.1, -0.05) is 0 Å². The van der Waals surface area contributed by atoms with Gasteiger partial charge in [-0.15, -0.1) is 0 Å². The van der Waals surface area contributed by atoms with Crippen LogP contribution in [0.2, 0.25) is 0 Å². The Labute approximate surface area is 47.9 Å². The van der Waals surface area contributed by atoms with Crippen LogP contribution in [-0.4, -0.2) is 22.3 Å². The highest BCUT2D eigenvalue weighted by atomic mass is 16.8. The molecule has 0 unspecified atom stereocenters. The van der Waals surface area contributed by atoms with Gasteiger partial charge in [-0.05, 0) is 13.3 Å². The summed E-state index contributed by atoms with van der Waals surface area (Å²) < 4.78 is 4.66. The van der Waals surface area contributed by atoms with E-state index in [9.17, 15) is 0 Å². The van der Waals surface area contributed by atoms with Gasteiger partial charge in [0.1, 0.15) is 0 Å². The predicted octanol–water partition coefficient (Wildman–Crippen LogP) is -0.176. The molecule has 2 N–H and O–H groups in total. The summed E-state index contributed by atoms with van der Waals surface area (Å²) in [6.45, 7) is 1.81. The summed E-state index contributed by atoms with van der Waals surface area (Å²) in [6, 6.07) is 0. The molecule has 3 nitrogen and oxygen atoms in total. The van der Waals surface area contributed by atoms with Crippen LogP contribution in [0.15, 0.2) is 0 Å². The molecule has 48 valence electrons. The van der Waals surface area contributed by atoms with Crippen LogP contribution in [0.3, 0.4) is 0 Å². The number of aliphatic hydroxyl groups is 2. The molecule has 0 aromatic carbocycles. The van der Waals surface area contributed by atoms with Crippen molar-refractivity contribution in [3.8, 4) is 0 Å². The van der Waals surface area contributed by atoms with Gasteiger partial charge < -0.3 is 14.9 Å². The van der Waals surface area contributed by atoms with E-state index in [1.54, 1.807) is 0 Å². The van der Waals surface area contributed by atoms with Crippen molar-refractivity contribution in [3.05, 3.63) is 0 Å². The second-order valence-corrected chi connectivity index (χ2v) is 2.21. The molecule has 1 rings (SSSR count). The Balaban J connectivity index is 2.44. The van der Waals surface area contributed by atoms with Crippen LogP contribution in [0.5, 0.6) is 0 Å². The van der Waals surface area contributed by atoms with Crippen LogP contribution < -0.4 is 0 Å². The van der Waals surface area contributed by atoms with Crippen LogP contribution >= 0.6 is 0 Å². The molecule has 3 heteroatoms. The first-order valence-corrected chi connectivity index (χ1v) is 2.73. The van der Waals surface area contributed by atoms with Crippen LogP contribution in [0.4, 0.5) is 0 Å². The Morgan fingerprint density at radius 3 is 2.38 bits per heavy atom. The van der Waals surface area contributed by atoms with Gasteiger partial charge >= 0.3 is 0 Å². The van der Waals surface area contributed by atoms with E-state index in [0.717, 1.165) is 6.42 Å². The molecule has 1 aliphatic heterocycles. The molecule has 1 saturated heterocycles. The van der Waals surface area contributed by atoms with E-state index >= 15 is 0 Å². The van der Waals surface area contributed by atoms with Gasteiger partial charge in [-0.3, -0.25) is 0 Å². The monoisotopic (exact) mass is 118 g/mol. The fraction of sp³-hybridized carbons (Fsp3) is 1.00. The minimum Gasteiger partial charge on any atom is -0.343 e. The number of ether oxygens (including phenoxy) is 1. The molecule has 1 fully saturated rings. The number of rotatable bonds is 0. The molecule has 0 saturated carbocycles. The predicted molar refractivity (Wildman–Crippen MR) is 26.9 cm³/mol. The third-order valence-corrected chi connectivity index (χ3v) is 1.27. The fourth-order valence-corrected chi connectivity index (χ4v) is 0.831. The van der Waals surface area contributed by atoms with Crippen molar-refractivity contribution in [2.45, 2.75) is 31.8 Å². The Bertz CT molecular complexity index is 89.7. The molecule has 0 aromatic rings. The summed E-state index contributed by atoms with van der Waals surface area (Å²) in [5.41, 5.74) is 0. The lowest BCUT2D eigenvalue weighted by Gasteiger charge is -2.13. The van der Waals surface area contributed by atoms with Crippen LogP contribution in [0.25, 0.3) is 0 Å². The Kier molecular flexibility index (Phi) is 1.27. The van der Waals surface area contributed by atoms with Crippen LogP contribution in [0.1, 0.15) is 19.8 Å². The zero-order valence-electron chi connectivity index (χ0n) is 4.79. The number of hydrogen-bond donors (Lipinski definition) is 2. The largest absolute Gasteiger partial charge is 0.343 e. The molecule has 0 bridgehead atoms. The molecular weight excluding hydrogens is 108 g/mol. The van der Waals surface area contributed by atoms with E-state index in [2.05, 4.69) is 4.74 Å². The zero-order chi connectivity index (χ0) is 6.20. The van der Waals surface area contributed by atoms with Crippen molar-refractivity contribution < 1.29 is 14.9 Å². The molecule has 0 spiro atoms. The van der Waals surface area contributed by atoms with Crippen molar-refractivity contribution in [3.63, 3.8) is 0 Å². The topological polar surface area (TPSA) is 49.7 Å². The second-order valence-electron chi connectivity index (χ2n) is 2.21. The summed E-state index contributed by atoms with van der Waals surface area (Å²) in [5, 5.41) is 17.4. The molecular formula is C5H10O3. The zero-order valence-corrected chi connectivity index (χ0v) is 4.79. The lowest BCUT2D eigenvalue weighted by atomic mass is 10.2. The van der Waals surface area contributed by atoms with E-state index in [1.165, 1.54) is 0 Å². The molecule has 1 aliphatic rings. The smallest absolute Gasteiger partial charge is 0.278 e. The van der Waals surface area contributed by atoms with E-state index in [1.807, 2.05) is 6.92 Å². The van der Waals surface area contributed by atoms with Crippen molar-refractivity contribution in [2.75, 3.05) is 0 Å². The molecule has 0 amide bonds. The Morgan fingerprint density at radius 2 is 2.25 bits per heavy atom. The average molecular weight is 118 g/mol. The van der Waals surface area contributed by atoms with E-state index in [0.29, 0.717) is 6.42 Å². The quantitative estimate of drug-likeness (QED) is 0.434. The molecule has 0 aromatic heterocycles. The SMILES string of the molecule is C[C@H]1CCC(O)(O)O1. The summed E-state index contributed by atoms with van der Waals surface area (Å²) in [4.78, 5) is 0. The highest BCUT2D eigenvalue weighted by Gasteiger charge is 2.33. The second kappa shape index (κ2) is 1.69. The lowest BCUT2D eigenvalue weighted by Crippen LogP contribution is -2.26. The lowest BCUT2D eigenvalue weighted by molar-refractivity contribution is -0.323. The van der Waals surface area contributed by atoms with Crippen molar-refractivity contribution in [1.29, 1.82) is 0 Å². The van der Waals surface area contributed by atoms with Gasteiger partial charge in [0.2, 0.25) is 0 Å². The van der Waals surface area contributed by atoms with Crippen LogP contribution in [0, 0.1) is 0 Å². The first-order chi connectivity index (χ1) is 3.60. The highest BCUT2D eigenvalue weighted by molar-refractivity contribution is 4.66. The molecule has 1 heterocycles. The maximum Gasteiger partial charge on any atom is 0.278 e. The van der Waals surface area contributed by atoms with E-state index in [4.69, 9.17) is 10.2 Å². The van der Waals surface area contributed by atoms with Gasteiger partial charge in [0.05, 0.1) is 6.10 Å². The molecule has 1 atom stereocenters. The van der Waals surface area contributed by atoms with Gasteiger partial charge in [0.25, 0.3) is 5.97 Å². The van der Waals surface area contributed by atoms with E-state index < -0.39 is 5.97 Å². The van der Waals surface area contributed by atoms with Crippen molar-refractivity contribution >= 4 is 0 Å². The minimum atomic E-state index is -1.83. The van der Waals surface area contributed by atoms with E-state index in [-0.39, 0.29) is 6.10 Å². The van der Waals surface area contributed by atoms with Crippen LogP contribution in [-0.2, 0) is 4.74 Å². The van der Waals surface area contributed by atoms with Gasteiger partial charge in [0, 0.05) is 6.42 Å². The van der Waals surface area contributed by atoms with Gasteiger partial charge in [-0.25, -0.2) is 0 Å². The normalized spacial score (nSPS) is 35.6. The third kappa shape index (κ3) is 1.18. The van der Waals surface area contributed by atoms with Gasteiger partial charge in [0.15, 0.2) is 0 Å². The summed E-state index contributed by atoms with van der Waals surface area (Å²) in [5.74, 6) is -1.83. The standard InChI is InChI=1S/C5H10O3/c1-4-2-3-5(6,7)8-4/h4,6-7H,2-3H2,1H3/t4-/m0/s1. The number of hydrogen-bond acceptors (Lipinski definition) is 3. The highest BCUT2D eigenvalue weighted by Crippen LogP contribution is 2.24. The van der Waals surface area contributed by atoms with Crippen molar-refractivity contribution in [1.82, 2.24) is 0 Å². The molecule has 0 aliphatic carbocycles. The van der Waals surface area contributed by atoms with Crippen molar-refractivity contribution in [2.24, 2.45) is 0 Å². The summed E-state index contributed by atoms with van der Waals surface area (Å²) in [7, 11) is 0. The van der Waals surface area contributed by atoms with Gasteiger partial charge in [-0.2, -0.15) is 0 Å². The first-order valence-electron chi connectivity index (χ1n) is 2.73. The third-order valence-electron chi connectivity index (χ3n) is 1.27. The maximum atomic E-state index is 8.70.